The zero-order valence-corrected chi connectivity index (χ0v) is 26.4. The van der Waals surface area contributed by atoms with Gasteiger partial charge in [-0.1, -0.05) is 145 Å². The first-order valence-corrected chi connectivity index (χ1v) is 16.2. The lowest BCUT2D eigenvalue weighted by molar-refractivity contribution is 0.669. The van der Waals surface area contributed by atoms with Crippen molar-refractivity contribution in [3.63, 3.8) is 0 Å². The molecule has 0 bridgehead atoms. The van der Waals surface area contributed by atoms with Crippen LogP contribution >= 0.6 is 11.6 Å². The van der Waals surface area contributed by atoms with E-state index >= 15 is 0 Å². The van der Waals surface area contributed by atoms with Crippen LogP contribution in [0.25, 0.3) is 89.1 Å². The summed E-state index contributed by atoms with van der Waals surface area (Å²) in [6.45, 7) is 0. The standard InChI is InChI=1S/C43H26ClN3O/c44-31-25-37(40-36-20-9-10-21-38(36)48-39(40)26-31)35-23-22-32(33-18-7-8-19-34(33)35)29-16-11-17-30(24-29)43-46-41(27-12-3-1-4-13-27)45-42(47-43)28-14-5-2-6-15-28/h1-26H. The fourth-order valence-corrected chi connectivity index (χ4v) is 6.79. The van der Waals surface area contributed by atoms with Crippen molar-refractivity contribution in [1.82, 2.24) is 15.0 Å². The molecule has 0 spiro atoms. The van der Waals surface area contributed by atoms with E-state index in [-0.39, 0.29) is 0 Å². The Bertz CT molecular complexity index is 2570. The molecule has 48 heavy (non-hydrogen) atoms. The van der Waals surface area contributed by atoms with Gasteiger partial charge in [0.05, 0.1) is 0 Å². The lowest BCUT2D eigenvalue weighted by atomic mass is 9.90. The molecular weight excluding hydrogens is 610 g/mol. The normalized spacial score (nSPS) is 11.4. The van der Waals surface area contributed by atoms with Crippen LogP contribution in [-0.2, 0) is 0 Å². The Balaban J connectivity index is 1.21. The second-order valence-electron chi connectivity index (χ2n) is 11.8. The minimum Gasteiger partial charge on any atom is -0.456 e. The van der Waals surface area contributed by atoms with Gasteiger partial charge in [-0.2, -0.15) is 0 Å². The highest BCUT2D eigenvalue weighted by Crippen LogP contribution is 2.43. The zero-order valence-electron chi connectivity index (χ0n) is 25.6. The molecule has 9 aromatic rings. The minimum atomic E-state index is 0.624. The Kier molecular flexibility index (Phi) is 6.81. The van der Waals surface area contributed by atoms with Crippen LogP contribution in [0.4, 0.5) is 0 Å². The number of hydrogen-bond donors (Lipinski definition) is 0. The molecule has 0 atom stereocenters. The van der Waals surface area contributed by atoms with E-state index in [1.54, 1.807) is 0 Å². The molecule has 4 nitrogen and oxygen atoms in total. The molecule has 5 heteroatoms. The van der Waals surface area contributed by atoms with Crippen LogP contribution in [0.3, 0.4) is 0 Å². The van der Waals surface area contributed by atoms with Gasteiger partial charge in [0.2, 0.25) is 0 Å². The van der Waals surface area contributed by atoms with Crippen molar-refractivity contribution < 1.29 is 4.42 Å². The second kappa shape index (κ2) is 11.6. The Morgan fingerprint density at radius 2 is 0.896 bits per heavy atom. The van der Waals surface area contributed by atoms with Crippen molar-refractivity contribution in [1.29, 1.82) is 0 Å². The summed E-state index contributed by atoms with van der Waals surface area (Å²) in [5.41, 5.74) is 8.76. The third kappa shape index (κ3) is 4.91. The Hall–Kier alpha value is -6.10. The van der Waals surface area contributed by atoms with E-state index in [0.29, 0.717) is 22.5 Å². The molecule has 0 fully saturated rings. The number of para-hydroxylation sites is 1. The van der Waals surface area contributed by atoms with Crippen LogP contribution in [0.5, 0.6) is 0 Å². The van der Waals surface area contributed by atoms with Gasteiger partial charge in [0.1, 0.15) is 11.2 Å². The first-order chi connectivity index (χ1) is 23.7. The molecule has 0 saturated heterocycles. The van der Waals surface area contributed by atoms with E-state index in [1.807, 2.05) is 91.0 Å². The van der Waals surface area contributed by atoms with Crippen molar-refractivity contribution >= 4 is 44.3 Å². The molecule has 226 valence electrons. The van der Waals surface area contributed by atoms with Gasteiger partial charge in [0, 0.05) is 38.6 Å². The van der Waals surface area contributed by atoms with Crippen LogP contribution in [0, 0.1) is 0 Å². The van der Waals surface area contributed by atoms with E-state index < -0.39 is 0 Å². The van der Waals surface area contributed by atoms with Gasteiger partial charge in [0.15, 0.2) is 17.5 Å². The topological polar surface area (TPSA) is 51.8 Å². The molecule has 0 saturated carbocycles. The summed E-state index contributed by atoms with van der Waals surface area (Å²) >= 11 is 6.68. The molecule has 9 rings (SSSR count). The summed E-state index contributed by atoms with van der Waals surface area (Å²) in [4.78, 5) is 14.8. The largest absolute Gasteiger partial charge is 0.456 e. The highest BCUT2D eigenvalue weighted by molar-refractivity contribution is 6.32. The van der Waals surface area contributed by atoms with E-state index in [0.717, 1.165) is 71.7 Å². The Morgan fingerprint density at radius 3 is 1.58 bits per heavy atom. The quantitative estimate of drug-likeness (QED) is 0.189. The molecule has 7 aromatic carbocycles. The van der Waals surface area contributed by atoms with Crippen LogP contribution in [0.15, 0.2) is 162 Å². The lowest BCUT2D eigenvalue weighted by Gasteiger charge is -2.14. The summed E-state index contributed by atoms with van der Waals surface area (Å²) in [6.07, 6.45) is 0. The van der Waals surface area contributed by atoms with Crippen LogP contribution in [-0.4, -0.2) is 15.0 Å². The first kappa shape index (κ1) is 28.1. The number of furan rings is 1. The van der Waals surface area contributed by atoms with Gasteiger partial charge < -0.3 is 4.42 Å². The summed E-state index contributed by atoms with van der Waals surface area (Å²) in [7, 11) is 0. The summed E-state index contributed by atoms with van der Waals surface area (Å²) in [6, 6.07) is 53.5. The molecule has 0 aliphatic rings. The van der Waals surface area contributed by atoms with E-state index in [2.05, 4.69) is 66.7 Å². The van der Waals surface area contributed by atoms with Crippen LogP contribution in [0.2, 0.25) is 5.02 Å². The van der Waals surface area contributed by atoms with Gasteiger partial charge in [-0.3, -0.25) is 0 Å². The monoisotopic (exact) mass is 635 g/mol. The number of halogens is 1. The van der Waals surface area contributed by atoms with Gasteiger partial charge in [-0.25, -0.2) is 15.0 Å². The summed E-state index contributed by atoms with van der Waals surface area (Å²) < 4.78 is 6.23. The van der Waals surface area contributed by atoms with E-state index in [1.165, 1.54) is 0 Å². The zero-order chi connectivity index (χ0) is 32.0. The molecule has 0 unspecified atom stereocenters. The molecule has 0 aliphatic heterocycles. The third-order valence-electron chi connectivity index (χ3n) is 8.79. The number of rotatable bonds is 5. The average molecular weight is 636 g/mol. The second-order valence-corrected chi connectivity index (χ2v) is 12.2. The Labute approximate surface area is 282 Å². The third-order valence-corrected chi connectivity index (χ3v) is 9.01. The van der Waals surface area contributed by atoms with Gasteiger partial charge in [0.25, 0.3) is 0 Å². The van der Waals surface area contributed by atoms with Crippen molar-refractivity contribution in [3.8, 4) is 56.4 Å². The van der Waals surface area contributed by atoms with Crippen LogP contribution in [0.1, 0.15) is 0 Å². The molecule has 0 radical (unpaired) electrons. The summed E-state index contributed by atoms with van der Waals surface area (Å²) in [5.74, 6) is 1.90. The molecule has 0 aliphatic carbocycles. The van der Waals surface area contributed by atoms with E-state index in [9.17, 15) is 0 Å². The number of hydrogen-bond acceptors (Lipinski definition) is 4. The lowest BCUT2D eigenvalue weighted by Crippen LogP contribution is -2.00. The highest BCUT2D eigenvalue weighted by Gasteiger charge is 2.18. The number of fused-ring (bicyclic) bond motifs is 4. The molecular formula is C43H26ClN3O. The molecule has 2 heterocycles. The van der Waals surface area contributed by atoms with Gasteiger partial charge in [-0.15, -0.1) is 0 Å². The highest BCUT2D eigenvalue weighted by atomic mass is 35.5. The van der Waals surface area contributed by atoms with Crippen LogP contribution < -0.4 is 0 Å². The maximum atomic E-state index is 6.68. The number of nitrogens with zero attached hydrogens (tertiary/aromatic N) is 3. The number of aromatic nitrogens is 3. The fourth-order valence-electron chi connectivity index (χ4n) is 6.58. The Morgan fingerprint density at radius 1 is 0.375 bits per heavy atom. The summed E-state index contributed by atoms with van der Waals surface area (Å²) in [5, 5.41) is 5.04. The first-order valence-electron chi connectivity index (χ1n) is 15.8. The SMILES string of the molecule is Clc1cc(-c2ccc(-c3cccc(-c4nc(-c5ccccc5)nc(-c5ccccc5)n4)c3)c3ccccc23)c2c(c1)oc1ccccc12. The smallest absolute Gasteiger partial charge is 0.164 e. The van der Waals surface area contributed by atoms with E-state index in [4.69, 9.17) is 31.0 Å². The minimum absolute atomic E-state index is 0.624. The van der Waals surface area contributed by atoms with Gasteiger partial charge >= 0.3 is 0 Å². The maximum absolute atomic E-state index is 6.68. The average Bonchev–Trinajstić information content (AvgIpc) is 3.53. The molecule has 2 aromatic heterocycles. The number of benzene rings is 7. The molecule has 0 amide bonds. The van der Waals surface area contributed by atoms with Crippen molar-refractivity contribution in [2.75, 3.05) is 0 Å². The predicted octanol–water partition coefficient (Wildman–Crippen LogP) is 11.9. The van der Waals surface area contributed by atoms with Crippen molar-refractivity contribution in [2.45, 2.75) is 0 Å². The fraction of sp³-hybridized carbons (Fsp3) is 0. The maximum Gasteiger partial charge on any atom is 0.164 e. The van der Waals surface area contributed by atoms with Crippen molar-refractivity contribution in [3.05, 3.63) is 163 Å². The molecule has 0 N–H and O–H groups in total. The van der Waals surface area contributed by atoms with Gasteiger partial charge in [-0.05, 0) is 51.2 Å². The predicted molar refractivity (Wildman–Crippen MR) is 197 cm³/mol. The van der Waals surface area contributed by atoms with Crippen molar-refractivity contribution in [2.24, 2.45) is 0 Å².